The lowest BCUT2D eigenvalue weighted by Gasteiger charge is -2.20. The Morgan fingerprint density at radius 1 is 0.962 bits per heavy atom. The van der Waals surface area contributed by atoms with Gasteiger partial charge >= 0.3 is 0 Å². The number of nitrogens with two attached hydrogens (primary N) is 1. The van der Waals surface area contributed by atoms with E-state index in [0.717, 1.165) is 22.3 Å². The molecule has 0 radical (unpaired) electrons. The van der Waals surface area contributed by atoms with Gasteiger partial charge in [-0.25, -0.2) is 13.6 Å². The minimum atomic E-state index is -3.54. The van der Waals surface area contributed by atoms with Crippen LogP contribution < -0.4 is 10.5 Å². The molecule has 7 heteroatoms. The molecule has 5 nitrogen and oxygen atoms in total. The lowest BCUT2D eigenvalue weighted by molar-refractivity contribution is -0.121. The summed E-state index contributed by atoms with van der Waals surface area (Å²) in [6.07, 6.45) is 0.323. The number of carbonyl (C=O) groups is 1. The van der Waals surface area contributed by atoms with Crippen LogP contribution in [0.2, 0.25) is 0 Å². The molecule has 2 aromatic rings. The van der Waals surface area contributed by atoms with E-state index < -0.39 is 10.0 Å². The highest BCUT2D eigenvalue weighted by Crippen LogP contribution is 2.23. The van der Waals surface area contributed by atoms with Gasteiger partial charge in [-0.2, -0.15) is 9.90 Å². The van der Waals surface area contributed by atoms with Crippen LogP contribution in [0.15, 0.2) is 48.5 Å². The van der Waals surface area contributed by atoms with Crippen molar-refractivity contribution in [3.63, 3.8) is 0 Å². The van der Waals surface area contributed by atoms with Crippen molar-refractivity contribution in [2.45, 2.75) is 32.7 Å². The zero-order valence-corrected chi connectivity index (χ0v) is 17.5. The first-order chi connectivity index (χ1) is 11.7. The van der Waals surface area contributed by atoms with Gasteiger partial charge in [-0.1, -0.05) is 59.7 Å². The Balaban J connectivity index is 0.00000338. The van der Waals surface area contributed by atoms with Crippen molar-refractivity contribution in [2.75, 3.05) is 5.75 Å². The molecule has 0 aliphatic rings. The predicted molar refractivity (Wildman–Crippen MR) is 111 cm³/mol. The third kappa shape index (κ3) is 7.24. The van der Waals surface area contributed by atoms with Gasteiger partial charge in [-0.3, -0.25) is 4.79 Å². The summed E-state index contributed by atoms with van der Waals surface area (Å²) in [6.45, 7) is 4.02. The molecule has 142 valence electrons. The van der Waals surface area contributed by atoms with E-state index in [-0.39, 0.29) is 40.4 Å². The van der Waals surface area contributed by atoms with Crippen LogP contribution in [0.5, 0.6) is 0 Å². The van der Waals surface area contributed by atoms with Crippen molar-refractivity contribution in [2.24, 2.45) is 5.14 Å². The topological polar surface area (TPSA) is 89.3 Å². The van der Waals surface area contributed by atoms with Crippen LogP contribution in [-0.2, 0) is 14.8 Å². The Bertz CT molecular complexity index is 773. The van der Waals surface area contributed by atoms with Gasteiger partial charge in [0.25, 0.3) is 0 Å². The number of carbonyl (C=O) groups excluding carboxylic acids is 1. The van der Waals surface area contributed by atoms with E-state index in [9.17, 15) is 13.2 Å². The zero-order chi connectivity index (χ0) is 18.4. The third-order valence-electron chi connectivity index (χ3n) is 3.96. The van der Waals surface area contributed by atoms with Gasteiger partial charge in [0.05, 0.1) is 11.8 Å². The maximum Gasteiger partial charge on any atom is 0.220 e. The van der Waals surface area contributed by atoms with Crippen LogP contribution in [0, 0.1) is 13.8 Å². The molecule has 1 atom stereocenters. The number of benzene rings is 2. The maximum absolute atomic E-state index is 12.3. The van der Waals surface area contributed by atoms with Gasteiger partial charge < -0.3 is 5.32 Å². The second-order valence-corrected chi connectivity index (χ2v) is 8.03. The Morgan fingerprint density at radius 3 is 1.77 bits per heavy atom. The molecule has 26 heavy (non-hydrogen) atoms. The summed E-state index contributed by atoms with van der Waals surface area (Å²) >= 11 is 0. The number of amides is 1. The Labute approximate surface area is 159 Å². The van der Waals surface area contributed by atoms with E-state index in [1.54, 1.807) is 0 Å². The first-order valence-electron chi connectivity index (χ1n) is 8.17. The quantitative estimate of drug-likeness (QED) is 0.708. The molecule has 0 aliphatic carbocycles. The number of aryl methyl sites for hydroxylation is 2. The summed E-state index contributed by atoms with van der Waals surface area (Å²) in [5.74, 6) is -0.394. The van der Waals surface area contributed by atoms with Gasteiger partial charge in [-0.05, 0) is 31.4 Å². The van der Waals surface area contributed by atoms with Crippen molar-refractivity contribution < 1.29 is 13.2 Å². The van der Waals surface area contributed by atoms with Crippen LogP contribution in [-0.4, -0.2) is 20.1 Å². The summed E-state index contributed by atoms with van der Waals surface area (Å²) in [5.41, 5.74) is 4.25. The predicted octanol–water partition coefficient (Wildman–Crippen LogP) is 2.64. The fourth-order valence-electron chi connectivity index (χ4n) is 2.54. The van der Waals surface area contributed by atoms with Gasteiger partial charge in [-0.15, -0.1) is 0 Å². The Kier molecular flexibility index (Phi) is 8.41. The van der Waals surface area contributed by atoms with Crippen LogP contribution in [0.1, 0.15) is 41.1 Å². The number of hydrogen-bond acceptors (Lipinski definition) is 3. The molecule has 2 rings (SSSR count). The summed E-state index contributed by atoms with van der Waals surface area (Å²) < 4.78 is 22.0. The standard InChI is InChI=1S/C19H24N2O3S.H3P/c1-14-5-9-16(10-6-14)19(17-11-7-15(2)8-12-17)21-18(22)4-3-13-25(20,23)24;/h5-12,19H,3-4,13H2,1-2H3,(H,21,22)(H2,20,23,24);1H3. The van der Waals surface area contributed by atoms with Crippen molar-refractivity contribution in [1.82, 2.24) is 5.32 Å². The Morgan fingerprint density at radius 2 is 1.38 bits per heavy atom. The lowest BCUT2D eigenvalue weighted by atomic mass is 9.97. The number of primary sulfonamides is 1. The van der Waals surface area contributed by atoms with Crippen molar-refractivity contribution in [1.29, 1.82) is 0 Å². The number of rotatable bonds is 7. The minimum absolute atomic E-state index is 0. The van der Waals surface area contributed by atoms with Crippen molar-refractivity contribution in [3.8, 4) is 0 Å². The number of hydrogen-bond donors (Lipinski definition) is 2. The van der Waals surface area contributed by atoms with Gasteiger partial charge in [0.1, 0.15) is 0 Å². The third-order valence-corrected chi connectivity index (χ3v) is 4.82. The zero-order valence-electron chi connectivity index (χ0n) is 15.2. The smallest absolute Gasteiger partial charge is 0.220 e. The molecule has 1 amide bonds. The van der Waals surface area contributed by atoms with Gasteiger partial charge in [0, 0.05) is 6.42 Å². The van der Waals surface area contributed by atoms with E-state index in [4.69, 9.17) is 5.14 Å². The molecular formula is C19H27N2O3PS. The highest BCUT2D eigenvalue weighted by Gasteiger charge is 2.17. The fourth-order valence-corrected chi connectivity index (χ4v) is 3.09. The van der Waals surface area contributed by atoms with E-state index in [1.165, 1.54) is 0 Å². The second kappa shape index (κ2) is 9.81. The van der Waals surface area contributed by atoms with Crippen molar-refractivity contribution in [3.05, 3.63) is 70.8 Å². The highest BCUT2D eigenvalue weighted by atomic mass is 32.2. The second-order valence-electron chi connectivity index (χ2n) is 6.29. The van der Waals surface area contributed by atoms with E-state index in [1.807, 2.05) is 62.4 Å². The highest BCUT2D eigenvalue weighted by molar-refractivity contribution is 7.89. The number of nitrogens with one attached hydrogen (secondary N) is 1. The monoisotopic (exact) mass is 394 g/mol. The molecule has 0 saturated carbocycles. The summed E-state index contributed by atoms with van der Waals surface area (Å²) in [4.78, 5) is 12.3. The largest absolute Gasteiger partial charge is 0.345 e. The first kappa shape index (κ1) is 22.3. The maximum atomic E-state index is 12.3. The number of sulfonamides is 1. The molecule has 0 saturated heterocycles. The molecule has 1 unspecified atom stereocenters. The molecule has 0 aliphatic heterocycles. The van der Waals surface area contributed by atoms with E-state index in [2.05, 4.69) is 5.32 Å². The van der Waals surface area contributed by atoms with Gasteiger partial charge in [0.15, 0.2) is 0 Å². The van der Waals surface area contributed by atoms with Gasteiger partial charge in [0.2, 0.25) is 15.9 Å². The van der Waals surface area contributed by atoms with E-state index in [0.29, 0.717) is 0 Å². The SMILES string of the molecule is Cc1ccc(C(NC(=O)CCCS(N)(=O)=O)c2ccc(C)cc2)cc1.P. The molecule has 0 bridgehead atoms. The average molecular weight is 394 g/mol. The Hall–Kier alpha value is -1.75. The summed E-state index contributed by atoms with van der Waals surface area (Å²) in [7, 11) is -3.54. The molecule has 0 heterocycles. The normalized spacial score (nSPS) is 11.1. The van der Waals surface area contributed by atoms with Crippen LogP contribution >= 0.6 is 9.90 Å². The first-order valence-corrected chi connectivity index (χ1v) is 9.89. The molecule has 0 spiro atoms. The van der Waals surface area contributed by atoms with Crippen LogP contribution in [0.25, 0.3) is 0 Å². The fraction of sp³-hybridized carbons (Fsp3) is 0.316. The molecule has 0 fully saturated rings. The van der Waals surface area contributed by atoms with E-state index >= 15 is 0 Å². The summed E-state index contributed by atoms with van der Waals surface area (Å²) in [5, 5.41) is 7.97. The van der Waals surface area contributed by atoms with Crippen LogP contribution in [0.4, 0.5) is 0 Å². The molecule has 3 N–H and O–H groups in total. The van der Waals surface area contributed by atoms with Crippen molar-refractivity contribution >= 4 is 25.8 Å². The lowest BCUT2D eigenvalue weighted by Crippen LogP contribution is -2.29. The molecule has 2 aromatic carbocycles. The summed E-state index contributed by atoms with van der Waals surface area (Å²) in [6, 6.07) is 15.7. The average Bonchev–Trinajstić information content (AvgIpc) is 2.53. The molecular weight excluding hydrogens is 367 g/mol. The molecule has 0 aromatic heterocycles. The minimum Gasteiger partial charge on any atom is -0.345 e. The van der Waals surface area contributed by atoms with Crippen LogP contribution in [0.3, 0.4) is 0 Å².